The highest BCUT2D eigenvalue weighted by molar-refractivity contribution is 6.07. The fourth-order valence-electron chi connectivity index (χ4n) is 3.98. The number of ether oxygens (including phenoxy) is 2. The van der Waals surface area contributed by atoms with Crippen LogP contribution in [0.4, 0.5) is 24.7 Å². The quantitative estimate of drug-likeness (QED) is 0.332. The number of anilines is 2. The summed E-state index contributed by atoms with van der Waals surface area (Å²) in [5.41, 5.74) is 0.892. The number of fused-ring (bicyclic) bond motifs is 1. The van der Waals surface area contributed by atoms with Crippen molar-refractivity contribution in [3.05, 3.63) is 77.7 Å². The fourth-order valence-corrected chi connectivity index (χ4v) is 3.98. The van der Waals surface area contributed by atoms with Crippen molar-refractivity contribution in [3.63, 3.8) is 0 Å². The first-order valence-electron chi connectivity index (χ1n) is 11.2. The molecule has 11 heteroatoms. The van der Waals surface area contributed by atoms with Gasteiger partial charge in [0.15, 0.2) is 0 Å². The van der Waals surface area contributed by atoms with Gasteiger partial charge in [0.1, 0.15) is 23.3 Å². The first-order chi connectivity index (χ1) is 17.4. The third-order valence-corrected chi connectivity index (χ3v) is 5.73. The van der Waals surface area contributed by atoms with Crippen LogP contribution in [0.15, 0.2) is 61.1 Å². The number of alkyl halides is 3. The predicted octanol–water partition coefficient (Wildman–Crippen LogP) is 5.01. The van der Waals surface area contributed by atoms with Crippen LogP contribution in [0.2, 0.25) is 0 Å². The van der Waals surface area contributed by atoms with E-state index < -0.39 is 17.6 Å². The number of halogens is 3. The lowest BCUT2D eigenvalue weighted by molar-refractivity contribution is -0.137. The van der Waals surface area contributed by atoms with Crippen LogP contribution in [-0.2, 0) is 17.5 Å². The van der Waals surface area contributed by atoms with Crippen molar-refractivity contribution in [2.45, 2.75) is 25.2 Å². The van der Waals surface area contributed by atoms with E-state index >= 15 is 0 Å². The number of amides is 1. The molecule has 0 radical (unpaired) electrons. The number of hydrogen-bond acceptors (Lipinski definition) is 6. The zero-order valence-corrected chi connectivity index (χ0v) is 18.9. The van der Waals surface area contributed by atoms with E-state index in [2.05, 4.69) is 25.6 Å². The second-order valence-corrected chi connectivity index (χ2v) is 8.26. The minimum atomic E-state index is -4.61. The maximum Gasteiger partial charge on any atom is 0.416 e. The van der Waals surface area contributed by atoms with E-state index in [0.717, 1.165) is 28.7 Å². The number of rotatable bonds is 7. The van der Waals surface area contributed by atoms with Crippen LogP contribution in [0.25, 0.3) is 11.0 Å². The molecular weight excluding hydrogens is 475 g/mol. The zero-order valence-electron chi connectivity index (χ0n) is 18.9. The Morgan fingerprint density at radius 1 is 1.17 bits per heavy atom. The van der Waals surface area contributed by atoms with Gasteiger partial charge in [-0.25, -0.2) is 9.97 Å². The summed E-state index contributed by atoms with van der Waals surface area (Å²) in [5, 5.41) is 6.62. The molecule has 5 rings (SSSR count). The second kappa shape index (κ2) is 9.86. The lowest BCUT2D eigenvalue weighted by Crippen LogP contribution is -2.18. The molecule has 0 aliphatic carbocycles. The summed E-state index contributed by atoms with van der Waals surface area (Å²) in [6.45, 7) is 1.15. The van der Waals surface area contributed by atoms with E-state index in [1.165, 1.54) is 12.3 Å². The molecule has 3 aromatic heterocycles. The van der Waals surface area contributed by atoms with Gasteiger partial charge in [-0.15, -0.1) is 0 Å². The molecule has 4 aromatic rings. The van der Waals surface area contributed by atoms with Gasteiger partial charge in [0.2, 0.25) is 0 Å². The van der Waals surface area contributed by atoms with Crippen molar-refractivity contribution in [3.8, 4) is 5.75 Å². The van der Waals surface area contributed by atoms with E-state index in [-0.39, 0.29) is 23.1 Å². The number of hydrogen-bond donors (Lipinski definition) is 3. The van der Waals surface area contributed by atoms with Crippen molar-refractivity contribution >= 4 is 28.4 Å². The summed E-state index contributed by atoms with van der Waals surface area (Å²) in [5.74, 6) is -0.308. The molecule has 1 aromatic carbocycles. The summed E-state index contributed by atoms with van der Waals surface area (Å²) in [6.07, 6.45) is 0.610. The Hall–Kier alpha value is -4.12. The molecule has 1 unspecified atom stereocenters. The van der Waals surface area contributed by atoms with Gasteiger partial charge in [-0.1, -0.05) is 0 Å². The van der Waals surface area contributed by atoms with Crippen molar-refractivity contribution in [1.82, 2.24) is 15.0 Å². The Labute approximate surface area is 203 Å². The maximum absolute atomic E-state index is 13.5. The average molecular weight is 497 g/mol. The predicted molar refractivity (Wildman–Crippen MR) is 127 cm³/mol. The highest BCUT2D eigenvalue weighted by atomic mass is 19.4. The Bertz CT molecular complexity index is 1380. The molecule has 8 nitrogen and oxygen atoms in total. The molecule has 1 amide bonds. The number of nitrogens with zero attached hydrogens (tertiary/aromatic N) is 2. The number of carbonyl (C=O) groups excluding carboxylic acids is 1. The standard InChI is InChI=1S/C25H22F3N5O3/c26-25(27,28)16-10-17(12-19(11-16)36-18-5-9-35-14-18)33-24(34)21-2-1-6-29-23(21)32-13-15-3-7-30-22-20(15)4-8-31-22/h1-4,6-8,10-12,18H,5,9,13-14H2,(H,29,32)(H,30,31)(H,33,34). The minimum Gasteiger partial charge on any atom is -0.488 e. The summed E-state index contributed by atoms with van der Waals surface area (Å²) in [4.78, 5) is 24.6. The second-order valence-electron chi connectivity index (χ2n) is 8.26. The number of H-pyrrole nitrogens is 1. The number of aromatic nitrogens is 3. The Kier molecular flexibility index (Phi) is 6.47. The summed E-state index contributed by atoms with van der Waals surface area (Å²) in [6, 6.07) is 10.0. The number of carbonyl (C=O) groups is 1. The Morgan fingerprint density at radius 3 is 2.86 bits per heavy atom. The average Bonchev–Trinajstić information content (AvgIpc) is 3.54. The first-order valence-corrected chi connectivity index (χ1v) is 11.2. The van der Waals surface area contributed by atoms with Crippen LogP contribution in [0.5, 0.6) is 5.75 Å². The lowest BCUT2D eigenvalue weighted by Gasteiger charge is -2.17. The van der Waals surface area contributed by atoms with E-state index in [4.69, 9.17) is 9.47 Å². The molecule has 186 valence electrons. The third-order valence-electron chi connectivity index (χ3n) is 5.73. The molecular formula is C25H22F3N5O3. The molecule has 1 atom stereocenters. The smallest absolute Gasteiger partial charge is 0.416 e. The summed E-state index contributed by atoms with van der Waals surface area (Å²) in [7, 11) is 0. The van der Waals surface area contributed by atoms with Crippen molar-refractivity contribution in [1.29, 1.82) is 0 Å². The minimum absolute atomic E-state index is 0.00775. The number of aromatic amines is 1. The normalized spacial score (nSPS) is 15.7. The van der Waals surface area contributed by atoms with E-state index in [0.29, 0.717) is 32.0 Å². The number of pyridine rings is 2. The van der Waals surface area contributed by atoms with Crippen LogP contribution in [0.3, 0.4) is 0 Å². The number of benzene rings is 1. The third kappa shape index (κ3) is 5.25. The Morgan fingerprint density at radius 2 is 2.06 bits per heavy atom. The van der Waals surface area contributed by atoms with Crippen LogP contribution in [0.1, 0.15) is 27.9 Å². The van der Waals surface area contributed by atoms with Crippen LogP contribution < -0.4 is 15.4 Å². The van der Waals surface area contributed by atoms with E-state index in [1.807, 2.05) is 12.1 Å². The van der Waals surface area contributed by atoms with Gasteiger partial charge in [0.25, 0.3) is 5.91 Å². The molecule has 0 saturated carbocycles. The van der Waals surface area contributed by atoms with Crippen LogP contribution in [-0.4, -0.2) is 40.2 Å². The summed E-state index contributed by atoms with van der Waals surface area (Å²) >= 11 is 0. The Balaban J connectivity index is 1.36. The van der Waals surface area contributed by atoms with Gasteiger partial charge in [-0.2, -0.15) is 13.2 Å². The highest BCUT2D eigenvalue weighted by Gasteiger charge is 2.32. The molecule has 36 heavy (non-hydrogen) atoms. The van der Waals surface area contributed by atoms with Crippen molar-refractivity contribution in [2.24, 2.45) is 0 Å². The largest absolute Gasteiger partial charge is 0.488 e. The lowest BCUT2D eigenvalue weighted by atomic mass is 10.1. The van der Waals surface area contributed by atoms with Gasteiger partial charge in [-0.3, -0.25) is 4.79 Å². The van der Waals surface area contributed by atoms with Crippen LogP contribution in [0, 0.1) is 0 Å². The van der Waals surface area contributed by atoms with Crippen molar-refractivity contribution < 1.29 is 27.4 Å². The molecule has 3 N–H and O–H groups in total. The van der Waals surface area contributed by atoms with E-state index in [1.54, 1.807) is 24.5 Å². The van der Waals surface area contributed by atoms with E-state index in [9.17, 15) is 18.0 Å². The zero-order chi connectivity index (χ0) is 25.1. The van der Waals surface area contributed by atoms with Gasteiger partial charge in [0.05, 0.1) is 24.3 Å². The molecule has 1 fully saturated rings. The molecule has 1 aliphatic heterocycles. The highest BCUT2D eigenvalue weighted by Crippen LogP contribution is 2.35. The molecule has 0 spiro atoms. The monoisotopic (exact) mass is 497 g/mol. The van der Waals surface area contributed by atoms with Crippen LogP contribution >= 0.6 is 0 Å². The first kappa shape index (κ1) is 23.6. The maximum atomic E-state index is 13.5. The number of nitrogens with one attached hydrogen (secondary N) is 3. The fraction of sp³-hybridized carbons (Fsp3) is 0.240. The van der Waals surface area contributed by atoms with Crippen molar-refractivity contribution in [2.75, 3.05) is 23.8 Å². The molecule has 4 heterocycles. The summed E-state index contributed by atoms with van der Waals surface area (Å²) < 4.78 is 51.4. The van der Waals surface area contributed by atoms with Gasteiger partial charge >= 0.3 is 6.18 Å². The topological polar surface area (TPSA) is 101 Å². The van der Waals surface area contributed by atoms with Gasteiger partial charge in [0, 0.05) is 48.7 Å². The molecule has 1 saturated heterocycles. The molecule has 1 aliphatic rings. The van der Waals surface area contributed by atoms with Gasteiger partial charge < -0.3 is 25.1 Å². The SMILES string of the molecule is O=C(Nc1cc(OC2CCOC2)cc(C(F)(F)F)c1)c1cccnc1NCc1ccnc2[nH]ccc12. The van der Waals surface area contributed by atoms with Gasteiger partial charge in [-0.05, 0) is 42.0 Å². The molecule has 0 bridgehead atoms.